The molecule has 0 bridgehead atoms. The Morgan fingerprint density at radius 1 is 1.23 bits per heavy atom. The van der Waals surface area contributed by atoms with Crippen molar-refractivity contribution < 1.29 is 14.5 Å². The number of carbonyl (C=O) groups excluding carboxylic acids is 2. The Morgan fingerprint density at radius 3 is 2.60 bits per heavy atom. The van der Waals surface area contributed by atoms with E-state index in [9.17, 15) is 19.7 Å². The number of anilines is 1. The molecule has 30 heavy (non-hydrogen) atoms. The maximum absolute atomic E-state index is 12.3. The number of aryl methyl sites for hydroxylation is 1. The van der Waals surface area contributed by atoms with Gasteiger partial charge in [0.2, 0.25) is 11.8 Å². The number of carbonyl (C=O) groups is 2. The van der Waals surface area contributed by atoms with Gasteiger partial charge in [-0.05, 0) is 43.2 Å². The summed E-state index contributed by atoms with van der Waals surface area (Å²) in [7, 11) is 0. The van der Waals surface area contributed by atoms with E-state index in [-0.39, 0.29) is 23.9 Å². The van der Waals surface area contributed by atoms with Gasteiger partial charge in [0.05, 0.1) is 10.6 Å². The average molecular weight is 425 g/mol. The molecule has 1 fully saturated rings. The zero-order valence-corrected chi connectivity index (χ0v) is 17.1. The number of amides is 2. The fourth-order valence-electron chi connectivity index (χ4n) is 2.67. The summed E-state index contributed by atoms with van der Waals surface area (Å²) in [6.07, 6.45) is 0.00883. The third-order valence-corrected chi connectivity index (χ3v) is 5.43. The van der Waals surface area contributed by atoms with Crippen molar-refractivity contribution >= 4 is 45.8 Å². The molecule has 2 aromatic carbocycles. The zero-order chi connectivity index (χ0) is 21.7. The monoisotopic (exact) mass is 425 g/mol. The first-order valence-corrected chi connectivity index (χ1v) is 9.91. The van der Waals surface area contributed by atoms with Crippen LogP contribution in [0.3, 0.4) is 0 Å². The van der Waals surface area contributed by atoms with Gasteiger partial charge in [0.15, 0.2) is 5.17 Å². The maximum Gasteiger partial charge on any atom is 0.269 e. The van der Waals surface area contributed by atoms with Gasteiger partial charge in [-0.3, -0.25) is 19.7 Å². The SMILES string of the molecule is C/C(=N/N=C1\NC(=O)C(CC(=O)Nc2ccccc2C)S1)c1ccc([N+](=O)[O-])cc1. The highest BCUT2D eigenvalue weighted by molar-refractivity contribution is 8.15. The number of para-hydroxylation sites is 1. The molecular weight excluding hydrogens is 406 g/mol. The van der Waals surface area contributed by atoms with Crippen LogP contribution in [0, 0.1) is 17.0 Å². The molecule has 1 aliphatic rings. The molecule has 2 aromatic rings. The number of hydrogen-bond acceptors (Lipinski definition) is 7. The summed E-state index contributed by atoms with van der Waals surface area (Å²) in [6.45, 7) is 3.60. The second-order valence-electron chi connectivity index (χ2n) is 6.56. The van der Waals surface area contributed by atoms with E-state index in [0.717, 1.165) is 17.3 Å². The second-order valence-corrected chi connectivity index (χ2v) is 7.75. The molecule has 1 heterocycles. The van der Waals surface area contributed by atoms with Crippen LogP contribution in [0.2, 0.25) is 0 Å². The van der Waals surface area contributed by atoms with Crippen LogP contribution in [0.4, 0.5) is 11.4 Å². The highest BCUT2D eigenvalue weighted by Gasteiger charge is 2.32. The Labute approximate surface area is 176 Å². The van der Waals surface area contributed by atoms with Crippen LogP contribution < -0.4 is 10.6 Å². The van der Waals surface area contributed by atoms with Gasteiger partial charge in [0.25, 0.3) is 5.69 Å². The van der Waals surface area contributed by atoms with E-state index in [1.54, 1.807) is 25.1 Å². The summed E-state index contributed by atoms with van der Waals surface area (Å²) in [5, 5.41) is 24.0. The number of hydrogen-bond donors (Lipinski definition) is 2. The first kappa shape index (κ1) is 21.2. The van der Waals surface area contributed by atoms with Gasteiger partial charge in [-0.25, -0.2) is 0 Å². The first-order valence-electron chi connectivity index (χ1n) is 9.03. The molecule has 3 rings (SSSR count). The van der Waals surface area contributed by atoms with Crippen molar-refractivity contribution in [3.63, 3.8) is 0 Å². The Bertz CT molecular complexity index is 1050. The minimum absolute atomic E-state index is 0.00883. The highest BCUT2D eigenvalue weighted by Crippen LogP contribution is 2.24. The molecule has 9 nitrogen and oxygen atoms in total. The third kappa shape index (κ3) is 5.29. The lowest BCUT2D eigenvalue weighted by Gasteiger charge is -2.09. The van der Waals surface area contributed by atoms with Crippen molar-refractivity contribution in [1.29, 1.82) is 0 Å². The molecule has 0 spiro atoms. The Morgan fingerprint density at radius 2 is 1.93 bits per heavy atom. The van der Waals surface area contributed by atoms with E-state index in [2.05, 4.69) is 20.8 Å². The standard InChI is InChI=1S/C20H19N5O4S/c1-12-5-3-4-6-16(12)21-18(26)11-17-19(27)22-20(30-17)24-23-13(2)14-7-9-15(10-8-14)25(28)29/h3-10,17H,11H2,1-2H3,(H,21,26)(H,22,24,27)/b23-13-. The summed E-state index contributed by atoms with van der Waals surface area (Å²) in [5.74, 6) is -0.564. The molecule has 1 unspecified atom stereocenters. The summed E-state index contributed by atoms with van der Waals surface area (Å²) >= 11 is 1.14. The third-order valence-electron chi connectivity index (χ3n) is 4.35. The summed E-state index contributed by atoms with van der Waals surface area (Å²) in [6, 6.07) is 13.3. The van der Waals surface area contributed by atoms with Crippen molar-refractivity contribution in [2.24, 2.45) is 10.2 Å². The zero-order valence-electron chi connectivity index (χ0n) is 16.3. The number of thioether (sulfide) groups is 1. The molecule has 0 aliphatic carbocycles. The van der Waals surface area contributed by atoms with Crippen LogP contribution in [0.15, 0.2) is 58.7 Å². The molecule has 2 N–H and O–H groups in total. The number of nitro groups is 1. The smallest absolute Gasteiger partial charge is 0.269 e. The topological polar surface area (TPSA) is 126 Å². The predicted molar refractivity (Wildman–Crippen MR) is 117 cm³/mol. The lowest BCUT2D eigenvalue weighted by molar-refractivity contribution is -0.384. The van der Waals surface area contributed by atoms with E-state index in [1.165, 1.54) is 12.1 Å². The fourth-order valence-corrected chi connectivity index (χ4v) is 3.59. The van der Waals surface area contributed by atoms with Crippen LogP contribution in [0.25, 0.3) is 0 Å². The maximum atomic E-state index is 12.3. The average Bonchev–Trinajstić information content (AvgIpc) is 3.07. The minimum Gasteiger partial charge on any atom is -0.326 e. The van der Waals surface area contributed by atoms with Crippen molar-refractivity contribution in [2.75, 3.05) is 5.32 Å². The van der Waals surface area contributed by atoms with Crippen LogP contribution in [-0.2, 0) is 9.59 Å². The molecule has 0 saturated carbocycles. The summed E-state index contributed by atoms with van der Waals surface area (Å²) < 4.78 is 0. The number of non-ortho nitro benzene ring substituents is 1. The van der Waals surface area contributed by atoms with Gasteiger partial charge in [0.1, 0.15) is 5.25 Å². The van der Waals surface area contributed by atoms with Crippen molar-refractivity contribution in [3.8, 4) is 0 Å². The number of nitro benzene ring substituents is 1. The molecule has 2 amide bonds. The number of rotatable bonds is 6. The van der Waals surface area contributed by atoms with Gasteiger partial charge in [-0.1, -0.05) is 30.0 Å². The number of amidine groups is 1. The van der Waals surface area contributed by atoms with Crippen molar-refractivity contribution in [1.82, 2.24) is 5.32 Å². The van der Waals surface area contributed by atoms with Crippen molar-refractivity contribution in [3.05, 3.63) is 69.8 Å². The molecule has 1 atom stereocenters. The number of nitrogens with zero attached hydrogens (tertiary/aromatic N) is 3. The molecule has 1 aliphatic heterocycles. The quantitative estimate of drug-likeness (QED) is 0.417. The molecule has 0 aromatic heterocycles. The lowest BCUT2D eigenvalue weighted by atomic mass is 10.1. The molecular formula is C20H19N5O4S. The van der Waals surface area contributed by atoms with Crippen molar-refractivity contribution in [2.45, 2.75) is 25.5 Å². The normalized spacial score (nSPS) is 17.7. The van der Waals surface area contributed by atoms with E-state index in [0.29, 0.717) is 22.1 Å². The van der Waals surface area contributed by atoms with Gasteiger partial charge in [0, 0.05) is 24.2 Å². The Hall–Kier alpha value is -3.53. The number of benzene rings is 2. The molecule has 10 heteroatoms. The Balaban J connectivity index is 1.61. The van der Waals surface area contributed by atoms with Gasteiger partial charge in [-0.2, -0.15) is 5.10 Å². The van der Waals surface area contributed by atoms with Crippen LogP contribution in [0.1, 0.15) is 24.5 Å². The van der Waals surface area contributed by atoms with E-state index < -0.39 is 10.2 Å². The van der Waals surface area contributed by atoms with Crippen LogP contribution >= 0.6 is 11.8 Å². The van der Waals surface area contributed by atoms with Gasteiger partial charge in [-0.15, -0.1) is 5.10 Å². The highest BCUT2D eigenvalue weighted by atomic mass is 32.2. The molecule has 1 saturated heterocycles. The van der Waals surface area contributed by atoms with Crippen LogP contribution in [-0.4, -0.2) is 32.9 Å². The first-order chi connectivity index (χ1) is 14.3. The largest absolute Gasteiger partial charge is 0.326 e. The van der Waals surface area contributed by atoms with Crippen LogP contribution in [0.5, 0.6) is 0 Å². The molecule has 0 radical (unpaired) electrons. The van der Waals surface area contributed by atoms with Gasteiger partial charge < -0.3 is 10.6 Å². The van der Waals surface area contributed by atoms with Gasteiger partial charge >= 0.3 is 0 Å². The minimum atomic E-state index is -0.595. The summed E-state index contributed by atoms with van der Waals surface area (Å²) in [4.78, 5) is 34.7. The Kier molecular flexibility index (Phi) is 6.58. The van der Waals surface area contributed by atoms with E-state index >= 15 is 0 Å². The molecule has 154 valence electrons. The van der Waals surface area contributed by atoms with E-state index in [4.69, 9.17) is 0 Å². The number of nitrogens with one attached hydrogen (secondary N) is 2. The fraction of sp³-hybridized carbons (Fsp3) is 0.200. The summed E-state index contributed by atoms with van der Waals surface area (Å²) in [5.41, 5.74) is 2.85. The second kappa shape index (κ2) is 9.31. The lowest BCUT2D eigenvalue weighted by Crippen LogP contribution is -2.28. The predicted octanol–water partition coefficient (Wildman–Crippen LogP) is 3.24. The van der Waals surface area contributed by atoms with E-state index in [1.807, 2.05) is 25.1 Å².